The molecule has 0 spiro atoms. The second kappa shape index (κ2) is 5.68. The van der Waals surface area contributed by atoms with Gasteiger partial charge < -0.3 is 10.2 Å². The zero-order valence-electron chi connectivity index (χ0n) is 6.40. The summed E-state index contributed by atoms with van der Waals surface area (Å²) in [6, 6.07) is 0. The van der Waals surface area contributed by atoms with Gasteiger partial charge in [0.15, 0.2) is 0 Å². The number of carboxylic acid groups (broad SMARTS) is 1. The van der Waals surface area contributed by atoms with Crippen LogP contribution >= 0.6 is 0 Å². The minimum absolute atomic E-state index is 0.242. The lowest BCUT2D eigenvalue weighted by Crippen LogP contribution is -2.09. The van der Waals surface area contributed by atoms with Crippen molar-refractivity contribution < 1.29 is 15.0 Å². The Morgan fingerprint density at radius 1 is 1.55 bits per heavy atom. The summed E-state index contributed by atoms with van der Waals surface area (Å²) in [7, 11) is 0. The van der Waals surface area contributed by atoms with Gasteiger partial charge in [0.25, 0.3) is 0 Å². The fourth-order valence-corrected chi connectivity index (χ4v) is 0.550. The molecule has 0 heterocycles. The third-order valence-corrected chi connectivity index (χ3v) is 1.02. The van der Waals surface area contributed by atoms with Crippen molar-refractivity contribution >= 4 is 5.97 Å². The first kappa shape index (κ1) is 9.91. The molecule has 0 saturated heterocycles. The van der Waals surface area contributed by atoms with Crippen molar-refractivity contribution in [3.8, 4) is 0 Å². The van der Waals surface area contributed by atoms with Gasteiger partial charge in [-0.15, -0.1) is 0 Å². The predicted octanol–water partition coefficient (Wildman–Crippen LogP) is 0.954. The standard InChI is InChI=1S/C8H12O3/c1-2-3-4-5-7(9)6-8(10)11/h2-5,7,9H,6H2,1H3,(H,10,11). The summed E-state index contributed by atoms with van der Waals surface area (Å²) in [5, 5.41) is 17.2. The van der Waals surface area contributed by atoms with E-state index in [2.05, 4.69) is 0 Å². The van der Waals surface area contributed by atoms with Crippen LogP contribution in [0, 0.1) is 0 Å². The Kier molecular flexibility index (Phi) is 5.11. The first-order valence-electron chi connectivity index (χ1n) is 3.36. The van der Waals surface area contributed by atoms with Crippen LogP contribution < -0.4 is 0 Å². The fourth-order valence-electron chi connectivity index (χ4n) is 0.550. The van der Waals surface area contributed by atoms with Gasteiger partial charge in [-0.2, -0.15) is 0 Å². The van der Waals surface area contributed by atoms with Crippen LogP contribution in [0.3, 0.4) is 0 Å². The number of carbonyl (C=O) groups is 1. The van der Waals surface area contributed by atoms with Crippen LogP contribution in [0.25, 0.3) is 0 Å². The Morgan fingerprint density at radius 2 is 2.18 bits per heavy atom. The molecule has 0 aromatic heterocycles. The molecule has 0 aliphatic rings. The third kappa shape index (κ3) is 6.80. The highest BCUT2D eigenvalue weighted by molar-refractivity contribution is 5.67. The Balaban J connectivity index is 3.67. The molecule has 11 heavy (non-hydrogen) atoms. The summed E-state index contributed by atoms with van der Waals surface area (Å²) >= 11 is 0. The highest BCUT2D eigenvalue weighted by Crippen LogP contribution is 1.93. The molecular weight excluding hydrogens is 144 g/mol. The molecule has 0 amide bonds. The van der Waals surface area contributed by atoms with Crippen LogP contribution in [0.5, 0.6) is 0 Å². The van der Waals surface area contributed by atoms with E-state index in [4.69, 9.17) is 10.2 Å². The van der Waals surface area contributed by atoms with Gasteiger partial charge in [-0.05, 0) is 6.92 Å². The van der Waals surface area contributed by atoms with Crippen molar-refractivity contribution in [3.05, 3.63) is 24.3 Å². The molecule has 0 rings (SSSR count). The van der Waals surface area contributed by atoms with Crippen molar-refractivity contribution in [3.63, 3.8) is 0 Å². The van der Waals surface area contributed by atoms with E-state index in [9.17, 15) is 4.79 Å². The lowest BCUT2D eigenvalue weighted by atomic mass is 10.2. The molecule has 0 aromatic rings. The second-order valence-corrected chi connectivity index (χ2v) is 2.08. The molecule has 0 radical (unpaired) electrons. The van der Waals surface area contributed by atoms with E-state index in [1.54, 1.807) is 18.2 Å². The van der Waals surface area contributed by atoms with E-state index >= 15 is 0 Å². The summed E-state index contributed by atoms with van der Waals surface area (Å²) in [5.41, 5.74) is 0. The molecule has 0 aliphatic heterocycles. The van der Waals surface area contributed by atoms with Crippen molar-refractivity contribution in [1.82, 2.24) is 0 Å². The Bertz CT molecular complexity index is 170. The highest BCUT2D eigenvalue weighted by Gasteiger charge is 2.03. The monoisotopic (exact) mass is 156 g/mol. The van der Waals surface area contributed by atoms with Gasteiger partial charge in [0, 0.05) is 0 Å². The Morgan fingerprint density at radius 3 is 2.64 bits per heavy atom. The minimum Gasteiger partial charge on any atom is -0.481 e. The topological polar surface area (TPSA) is 57.5 Å². The number of aliphatic hydroxyl groups excluding tert-OH is 1. The second-order valence-electron chi connectivity index (χ2n) is 2.08. The number of carboxylic acids is 1. The molecule has 0 aliphatic carbocycles. The average molecular weight is 156 g/mol. The van der Waals surface area contributed by atoms with E-state index in [1.165, 1.54) is 6.08 Å². The minimum atomic E-state index is -0.998. The lowest BCUT2D eigenvalue weighted by Gasteiger charge is -1.97. The maximum Gasteiger partial charge on any atom is 0.306 e. The molecule has 0 fully saturated rings. The number of hydrogen-bond acceptors (Lipinski definition) is 2. The van der Waals surface area contributed by atoms with E-state index in [0.717, 1.165) is 0 Å². The van der Waals surface area contributed by atoms with Crippen molar-refractivity contribution in [2.45, 2.75) is 19.4 Å². The van der Waals surface area contributed by atoms with Gasteiger partial charge in [-0.1, -0.05) is 24.3 Å². The van der Waals surface area contributed by atoms with E-state index in [-0.39, 0.29) is 6.42 Å². The van der Waals surface area contributed by atoms with Gasteiger partial charge in [-0.25, -0.2) is 0 Å². The fraction of sp³-hybridized carbons (Fsp3) is 0.375. The van der Waals surface area contributed by atoms with Gasteiger partial charge in [0.2, 0.25) is 0 Å². The predicted molar refractivity (Wildman–Crippen MR) is 42.2 cm³/mol. The number of hydrogen-bond donors (Lipinski definition) is 2. The molecule has 0 aromatic carbocycles. The number of aliphatic carboxylic acids is 1. The first-order chi connectivity index (χ1) is 5.16. The van der Waals surface area contributed by atoms with Crippen LogP contribution in [-0.2, 0) is 4.79 Å². The molecule has 62 valence electrons. The summed E-state index contributed by atoms with van der Waals surface area (Å²) in [5.74, 6) is -0.998. The van der Waals surface area contributed by atoms with Crippen LogP contribution in [0.2, 0.25) is 0 Å². The quantitative estimate of drug-likeness (QED) is 0.596. The molecule has 3 heteroatoms. The summed E-state index contributed by atoms with van der Waals surface area (Å²) in [6.07, 6.45) is 5.45. The van der Waals surface area contributed by atoms with Crippen LogP contribution in [0.15, 0.2) is 24.3 Å². The normalized spacial score (nSPS) is 14.4. The number of rotatable bonds is 4. The van der Waals surface area contributed by atoms with Gasteiger partial charge in [0.1, 0.15) is 0 Å². The molecule has 0 bridgehead atoms. The van der Waals surface area contributed by atoms with Crippen molar-refractivity contribution in [2.24, 2.45) is 0 Å². The maximum absolute atomic E-state index is 10.0. The van der Waals surface area contributed by atoms with Crippen LogP contribution in [0.4, 0.5) is 0 Å². The average Bonchev–Trinajstić information content (AvgIpc) is 1.86. The first-order valence-corrected chi connectivity index (χ1v) is 3.36. The number of allylic oxidation sites excluding steroid dienone is 3. The van der Waals surface area contributed by atoms with E-state index in [0.29, 0.717) is 0 Å². The molecule has 0 saturated carbocycles. The molecular formula is C8H12O3. The molecule has 3 nitrogen and oxygen atoms in total. The third-order valence-electron chi connectivity index (χ3n) is 1.02. The maximum atomic E-state index is 10.0. The summed E-state index contributed by atoms with van der Waals surface area (Å²) in [6.45, 7) is 1.84. The SMILES string of the molecule is CC=CC=CC(O)CC(=O)O. The summed E-state index contributed by atoms with van der Waals surface area (Å²) < 4.78 is 0. The zero-order chi connectivity index (χ0) is 8.69. The van der Waals surface area contributed by atoms with Crippen molar-refractivity contribution in [2.75, 3.05) is 0 Å². The molecule has 1 atom stereocenters. The van der Waals surface area contributed by atoms with Gasteiger partial charge in [-0.3, -0.25) is 4.79 Å². The summed E-state index contributed by atoms with van der Waals surface area (Å²) in [4.78, 5) is 10.0. The Labute approximate surface area is 65.7 Å². The Hall–Kier alpha value is -1.09. The lowest BCUT2D eigenvalue weighted by molar-refractivity contribution is -0.138. The van der Waals surface area contributed by atoms with E-state index < -0.39 is 12.1 Å². The van der Waals surface area contributed by atoms with Crippen molar-refractivity contribution in [1.29, 1.82) is 0 Å². The van der Waals surface area contributed by atoms with Crippen LogP contribution in [0.1, 0.15) is 13.3 Å². The number of aliphatic hydroxyl groups is 1. The van der Waals surface area contributed by atoms with Gasteiger partial charge in [0.05, 0.1) is 12.5 Å². The largest absolute Gasteiger partial charge is 0.481 e. The zero-order valence-corrected chi connectivity index (χ0v) is 6.40. The van der Waals surface area contributed by atoms with Crippen LogP contribution in [-0.4, -0.2) is 22.3 Å². The molecule has 1 unspecified atom stereocenters. The highest BCUT2D eigenvalue weighted by atomic mass is 16.4. The molecule has 2 N–H and O–H groups in total. The smallest absolute Gasteiger partial charge is 0.306 e. The van der Waals surface area contributed by atoms with Gasteiger partial charge >= 0.3 is 5.97 Å². The van der Waals surface area contributed by atoms with E-state index in [1.807, 2.05) is 6.92 Å².